The number of carbonyl (C=O) groups is 1. The lowest BCUT2D eigenvalue weighted by molar-refractivity contribution is -0.116. The molecule has 108 valence electrons. The molecule has 0 fully saturated rings. The molecule has 0 spiro atoms. The van der Waals surface area contributed by atoms with E-state index >= 15 is 0 Å². The molecule has 3 N–H and O–H groups in total. The molecule has 0 radical (unpaired) electrons. The Hall–Kier alpha value is -1.52. The minimum absolute atomic E-state index is 0.00185. The summed E-state index contributed by atoms with van der Waals surface area (Å²) in [5, 5.41) is 3.34. The third-order valence-corrected chi connectivity index (χ3v) is 3.80. The van der Waals surface area contributed by atoms with Crippen molar-refractivity contribution in [2.45, 2.75) is 19.8 Å². The first kappa shape index (κ1) is 14.9. The van der Waals surface area contributed by atoms with Crippen LogP contribution in [-0.4, -0.2) is 30.4 Å². The van der Waals surface area contributed by atoms with Crippen LogP contribution in [0.4, 0.5) is 11.4 Å². The summed E-state index contributed by atoms with van der Waals surface area (Å²) in [4.78, 5) is 14.2. The minimum Gasteiger partial charge on any atom is -0.397 e. The lowest BCUT2D eigenvalue weighted by atomic mass is 10.1. The Labute approximate surface area is 124 Å². The number of benzene rings is 1. The summed E-state index contributed by atoms with van der Waals surface area (Å²) in [6.07, 6.45) is 3.80. The Kier molecular flexibility index (Phi) is 5.04. The predicted molar refractivity (Wildman–Crippen MR) is 83.9 cm³/mol. The van der Waals surface area contributed by atoms with E-state index < -0.39 is 0 Å². The van der Waals surface area contributed by atoms with E-state index in [0.717, 1.165) is 26.1 Å². The molecule has 0 atom stereocenters. The quantitative estimate of drug-likeness (QED) is 0.663. The summed E-state index contributed by atoms with van der Waals surface area (Å²) >= 11 is 5.84. The van der Waals surface area contributed by atoms with Crippen molar-refractivity contribution >= 4 is 28.9 Å². The Balaban J connectivity index is 1.79. The molecule has 1 amide bonds. The van der Waals surface area contributed by atoms with Crippen LogP contribution in [0.15, 0.2) is 29.8 Å². The van der Waals surface area contributed by atoms with Crippen LogP contribution in [0, 0.1) is 0 Å². The Bertz CT molecular complexity index is 528. The average Bonchev–Trinajstić information content (AvgIpc) is 2.42. The molecular formula is C15H20ClN3O. The second kappa shape index (κ2) is 6.77. The molecule has 0 saturated carbocycles. The summed E-state index contributed by atoms with van der Waals surface area (Å²) in [5.74, 6) is -0.00185. The first-order valence-corrected chi connectivity index (χ1v) is 7.15. The number of anilines is 2. The SMILES string of the molecule is CC1=CCN(CCC(=O)Nc2ccc(Cl)c(N)c2)CC1. The van der Waals surface area contributed by atoms with Crippen molar-refractivity contribution in [3.05, 3.63) is 34.9 Å². The van der Waals surface area contributed by atoms with Gasteiger partial charge in [-0.1, -0.05) is 23.3 Å². The van der Waals surface area contributed by atoms with Crippen molar-refractivity contribution in [3.8, 4) is 0 Å². The zero-order valence-corrected chi connectivity index (χ0v) is 12.4. The van der Waals surface area contributed by atoms with Gasteiger partial charge in [0.15, 0.2) is 0 Å². The number of amides is 1. The number of nitrogens with zero attached hydrogens (tertiary/aromatic N) is 1. The highest BCUT2D eigenvalue weighted by Crippen LogP contribution is 2.22. The number of hydrogen-bond donors (Lipinski definition) is 2. The van der Waals surface area contributed by atoms with Crippen molar-refractivity contribution in [2.75, 3.05) is 30.7 Å². The summed E-state index contributed by atoms with van der Waals surface area (Å²) in [6.45, 7) is 4.89. The maximum atomic E-state index is 11.9. The van der Waals surface area contributed by atoms with E-state index in [2.05, 4.69) is 23.2 Å². The summed E-state index contributed by atoms with van der Waals surface area (Å²) < 4.78 is 0. The number of carbonyl (C=O) groups excluding carboxylic acids is 1. The fraction of sp³-hybridized carbons (Fsp3) is 0.400. The van der Waals surface area contributed by atoms with E-state index in [0.29, 0.717) is 22.8 Å². The fourth-order valence-electron chi connectivity index (χ4n) is 2.12. The normalized spacial score (nSPS) is 15.8. The van der Waals surface area contributed by atoms with Gasteiger partial charge in [-0.2, -0.15) is 0 Å². The topological polar surface area (TPSA) is 58.4 Å². The molecule has 1 aliphatic heterocycles. The Morgan fingerprint density at radius 1 is 1.50 bits per heavy atom. The molecule has 0 bridgehead atoms. The van der Waals surface area contributed by atoms with Crippen LogP contribution in [0.25, 0.3) is 0 Å². The molecule has 1 aromatic carbocycles. The molecule has 0 aromatic heterocycles. The number of rotatable bonds is 4. The van der Waals surface area contributed by atoms with E-state index in [1.165, 1.54) is 5.57 Å². The second-order valence-corrected chi connectivity index (χ2v) is 5.54. The van der Waals surface area contributed by atoms with E-state index in [-0.39, 0.29) is 5.91 Å². The number of nitrogen functional groups attached to an aromatic ring is 1. The van der Waals surface area contributed by atoms with E-state index in [4.69, 9.17) is 17.3 Å². The monoisotopic (exact) mass is 293 g/mol. The Morgan fingerprint density at radius 3 is 2.95 bits per heavy atom. The van der Waals surface area contributed by atoms with Crippen molar-refractivity contribution in [1.82, 2.24) is 4.90 Å². The van der Waals surface area contributed by atoms with Crippen molar-refractivity contribution in [1.29, 1.82) is 0 Å². The summed E-state index contributed by atoms with van der Waals surface area (Å²) in [6, 6.07) is 5.11. The van der Waals surface area contributed by atoms with Crippen molar-refractivity contribution in [2.24, 2.45) is 0 Å². The molecule has 1 aromatic rings. The smallest absolute Gasteiger partial charge is 0.225 e. The van der Waals surface area contributed by atoms with E-state index in [1.807, 2.05) is 0 Å². The first-order chi connectivity index (χ1) is 9.54. The highest BCUT2D eigenvalue weighted by Gasteiger charge is 2.11. The van der Waals surface area contributed by atoms with Crippen LogP contribution in [0.3, 0.4) is 0 Å². The number of halogens is 1. The maximum absolute atomic E-state index is 11.9. The van der Waals surface area contributed by atoms with Gasteiger partial charge in [-0.05, 0) is 31.5 Å². The molecule has 4 nitrogen and oxygen atoms in total. The first-order valence-electron chi connectivity index (χ1n) is 6.77. The standard InChI is InChI=1S/C15H20ClN3O/c1-11-4-7-19(8-5-11)9-6-15(20)18-12-2-3-13(16)14(17)10-12/h2-4,10H,5-9,17H2,1H3,(H,18,20). The summed E-state index contributed by atoms with van der Waals surface area (Å²) in [7, 11) is 0. The molecule has 5 heteroatoms. The van der Waals surface area contributed by atoms with Crippen LogP contribution >= 0.6 is 11.6 Å². The molecule has 0 aliphatic carbocycles. The third kappa shape index (κ3) is 4.25. The van der Waals surface area contributed by atoms with Gasteiger partial charge in [0.05, 0.1) is 10.7 Å². The number of hydrogen-bond acceptors (Lipinski definition) is 3. The highest BCUT2D eigenvalue weighted by molar-refractivity contribution is 6.33. The summed E-state index contributed by atoms with van der Waals surface area (Å²) in [5.41, 5.74) is 8.29. The number of nitrogens with one attached hydrogen (secondary N) is 1. The van der Waals surface area contributed by atoms with E-state index in [1.54, 1.807) is 18.2 Å². The van der Waals surface area contributed by atoms with E-state index in [9.17, 15) is 4.79 Å². The number of nitrogens with two attached hydrogens (primary N) is 1. The zero-order chi connectivity index (χ0) is 14.5. The highest BCUT2D eigenvalue weighted by atomic mass is 35.5. The zero-order valence-electron chi connectivity index (χ0n) is 11.7. The molecule has 20 heavy (non-hydrogen) atoms. The second-order valence-electron chi connectivity index (χ2n) is 5.14. The average molecular weight is 294 g/mol. The van der Waals surface area contributed by atoms with Crippen LogP contribution < -0.4 is 11.1 Å². The van der Waals surface area contributed by atoms with Gasteiger partial charge >= 0.3 is 0 Å². The van der Waals surface area contributed by atoms with Gasteiger partial charge in [0.2, 0.25) is 5.91 Å². The van der Waals surface area contributed by atoms with Gasteiger partial charge in [-0.15, -0.1) is 0 Å². The largest absolute Gasteiger partial charge is 0.397 e. The van der Waals surface area contributed by atoms with Crippen molar-refractivity contribution in [3.63, 3.8) is 0 Å². The van der Waals surface area contributed by atoms with Crippen LogP contribution in [-0.2, 0) is 4.79 Å². The van der Waals surface area contributed by atoms with Crippen LogP contribution in [0.5, 0.6) is 0 Å². The maximum Gasteiger partial charge on any atom is 0.225 e. The van der Waals surface area contributed by atoms with Gasteiger partial charge in [-0.25, -0.2) is 0 Å². The van der Waals surface area contributed by atoms with Gasteiger partial charge < -0.3 is 11.1 Å². The molecule has 0 saturated heterocycles. The van der Waals surface area contributed by atoms with Crippen molar-refractivity contribution < 1.29 is 4.79 Å². The lowest BCUT2D eigenvalue weighted by Crippen LogP contribution is -2.31. The molecule has 0 unspecified atom stereocenters. The predicted octanol–water partition coefficient (Wildman–Crippen LogP) is 2.90. The van der Waals surface area contributed by atoms with Gasteiger partial charge in [0, 0.05) is 31.7 Å². The van der Waals surface area contributed by atoms with Crippen LogP contribution in [0.1, 0.15) is 19.8 Å². The van der Waals surface area contributed by atoms with Crippen LogP contribution in [0.2, 0.25) is 5.02 Å². The van der Waals surface area contributed by atoms with Gasteiger partial charge in [0.25, 0.3) is 0 Å². The third-order valence-electron chi connectivity index (χ3n) is 3.46. The minimum atomic E-state index is -0.00185. The van der Waals surface area contributed by atoms with Gasteiger partial charge in [0.1, 0.15) is 0 Å². The molecule has 1 aliphatic rings. The lowest BCUT2D eigenvalue weighted by Gasteiger charge is -2.24. The fourth-order valence-corrected chi connectivity index (χ4v) is 2.24. The Morgan fingerprint density at radius 2 is 2.30 bits per heavy atom. The molecular weight excluding hydrogens is 274 g/mol. The van der Waals surface area contributed by atoms with Gasteiger partial charge in [-0.3, -0.25) is 9.69 Å². The molecule has 1 heterocycles. The molecule has 2 rings (SSSR count).